The number of pyridine rings is 1. The number of benzene rings is 1. The van der Waals surface area contributed by atoms with E-state index in [0.717, 1.165) is 12.0 Å². The number of carbonyl (C=O) groups is 1. The van der Waals surface area contributed by atoms with E-state index in [1.807, 2.05) is 19.1 Å². The third-order valence-electron chi connectivity index (χ3n) is 3.76. The van der Waals surface area contributed by atoms with Gasteiger partial charge in [-0.05, 0) is 18.1 Å². The van der Waals surface area contributed by atoms with Crippen LogP contribution in [-0.4, -0.2) is 25.8 Å². The molecule has 0 radical (unpaired) electrons. The zero-order chi connectivity index (χ0) is 16.6. The number of para-hydroxylation sites is 1. The third kappa shape index (κ3) is 2.46. The first-order valence-electron chi connectivity index (χ1n) is 7.19. The van der Waals surface area contributed by atoms with Crippen LogP contribution in [0.25, 0.3) is 11.0 Å². The van der Waals surface area contributed by atoms with Gasteiger partial charge in [0.2, 0.25) is 0 Å². The van der Waals surface area contributed by atoms with E-state index in [9.17, 15) is 14.7 Å². The fourth-order valence-electron chi connectivity index (χ4n) is 2.52. The Morgan fingerprint density at radius 3 is 2.87 bits per heavy atom. The molecule has 0 fully saturated rings. The van der Waals surface area contributed by atoms with Gasteiger partial charge in [-0.3, -0.25) is 14.3 Å². The highest BCUT2D eigenvalue weighted by molar-refractivity contribution is 6.08. The highest BCUT2D eigenvalue weighted by atomic mass is 16.3. The molecule has 0 aliphatic carbocycles. The maximum Gasteiger partial charge on any atom is 0.266 e. The van der Waals surface area contributed by atoms with Crippen molar-refractivity contribution in [3.63, 3.8) is 0 Å². The molecule has 0 spiro atoms. The predicted molar refractivity (Wildman–Crippen MR) is 86.8 cm³/mol. The van der Waals surface area contributed by atoms with E-state index in [1.165, 1.54) is 10.9 Å². The van der Waals surface area contributed by atoms with Gasteiger partial charge in [0.15, 0.2) is 0 Å². The Kier molecular flexibility index (Phi) is 3.61. The Morgan fingerprint density at radius 2 is 2.13 bits per heavy atom. The van der Waals surface area contributed by atoms with Crippen LogP contribution in [-0.2, 0) is 13.5 Å². The van der Waals surface area contributed by atoms with Gasteiger partial charge < -0.3 is 15.4 Å². The lowest BCUT2D eigenvalue weighted by molar-refractivity contribution is 0.102. The minimum Gasteiger partial charge on any atom is -0.506 e. The average molecular weight is 312 g/mol. The summed E-state index contributed by atoms with van der Waals surface area (Å²) in [7, 11) is 1.63. The fraction of sp³-hybridized carbons (Fsp3) is 0.188. The summed E-state index contributed by atoms with van der Waals surface area (Å²) in [5.41, 5.74) is 0.934. The van der Waals surface area contributed by atoms with Gasteiger partial charge in [0.25, 0.3) is 11.5 Å². The van der Waals surface area contributed by atoms with Crippen LogP contribution in [0.1, 0.15) is 22.8 Å². The van der Waals surface area contributed by atoms with Crippen molar-refractivity contribution in [1.29, 1.82) is 0 Å². The number of aromatic amines is 1. The lowest BCUT2D eigenvalue weighted by Gasteiger charge is -2.10. The maximum atomic E-state index is 12.5. The number of nitrogens with zero attached hydrogens (tertiary/aromatic N) is 2. The zero-order valence-electron chi connectivity index (χ0n) is 12.8. The molecule has 0 unspecified atom stereocenters. The number of hydrogen-bond acceptors (Lipinski definition) is 4. The van der Waals surface area contributed by atoms with Crippen LogP contribution in [0.15, 0.2) is 35.3 Å². The minimum atomic E-state index is -0.662. The first kappa shape index (κ1) is 14.8. The van der Waals surface area contributed by atoms with Gasteiger partial charge in [-0.25, -0.2) is 0 Å². The fourth-order valence-corrected chi connectivity index (χ4v) is 2.52. The molecule has 23 heavy (non-hydrogen) atoms. The van der Waals surface area contributed by atoms with Crippen molar-refractivity contribution in [3.8, 4) is 5.75 Å². The molecule has 0 saturated carbocycles. The van der Waals surface area contributed by atoms with Crippen LogP contribution in [0.4, 0.5) is 5.69 Å². The maximum absolute atomic E-state index is 12.5. The standard InChI is InChI=1S/C16H16N4O3/c1-3-9-6-4-5-7-11(9)18-15(22)12-13(21)10-8-17-20(2)14(10)19-16(12)23/h4-8H,3H2,1-2H3,(H,18,22)(H2,19,21,23). The smallest absolute Gasteiger partial charge is 0.266 e. The Bertz CT molecular complexity index is 956. The molecule has 2 aromatic heterocycles. The largest absolute Gasteiger partial charge is 0.506 e. The first-order chi connectivity index (χ1) is 11.0. The van der Waals surface area contributed by atoms with Crippen LogP contribution in [0, 0.1) is 0 Å². The topological polar surface area (TPSA) is 100 Å². The third-order valence-corrected chi connectivity index (χ3v) is 3.76. The lowest BCUT2D eigenvalue weighted by atomic mass is 10.1. The highest BCUT2D eigenvalue weighted by Gasteiger charge is 2.21. The van der Waals surface area contributed by atoms with Crippen LogP contribution < -0.4 is 10.9 Å². The molecule has 7 nitrogen and oxygen atoms in total. The highest BCUT2D eigenvalue weighted by Crippen LogP contribution is 2.25. The summed E-state index contributed by atoms with van der Waals surface area (Å²) in [6.45, 7) is 1.97. The Hall–Kier alpha value is -3.09. The lowest BCUT2D eigenvalue weighted by Crippen LogP contribution is -2.24. The van der Waals surface area contributed by atoms with Gasteiger partial charge in [0.1, 0.15) is 17.0 Å². The van der Waals surface area contributed by atoms with E-state index in [2.05, 4.69) is 15.4 Å². The van der Waals surface area contributed by atoms with Gasteiger partial charge in [0.05, 0.1) is 11.6 Å². The van der Waals surface area contributed by atoms with Crippen molar-refractivity contribution in [2.45, 2.75) is 13.3 Å². The number of fused-ring (bicyclic) bond motifs is 1. The molecular weight excluding hydrogens is 296 g/mol. The number of hydrogen-bond donors (Lipinski definition) is 3. The monoisotopic (exact) mass is 312 g/mol. The predicted octanol–water partition coefficient (Wildman–Crippen LogP) is 1.78. The number of anilines is 1. The van der Waals surface area contributed by atoms with Gasteiger partial charge in [-0.15, -0.1) is 0 Å². The number of rotatable bonds is 3. The average Bonchev–Trinajstić information content (AvgIpc) is 2.89. The molecular formula is C16H16N4O3. The Morgan fingerprint density at radius 1 is 1.39 bits per heavy atom. The van der Waals surface area contributed by atoms with Gasteiger partial charge >= 0.3 is 0 Å². The van der Waals surface area contributed by atoms with Gasteiger partial charge in [0, 0.05) is 12.7 Å². The van der Waals surface area contributed by atoms with E-state index in [0.29, 0.717) is 16.7 Å². The number of aromatic nitrogens is 3. The molecule has 3 N–H and O–H groups in total. The number of amides is 1. The van der Waals surface area contributed by atoms with Crippen LogP contribution in [0.5, 0.6) is 5.75 Å². The SMILES string of the molecule is CCc1ccccc1NC(=O)c1c(O)c2cnn(C)c2[nH]c1=O. The quantitative estimate of drug-likeness (QED) is 0.686. The first-order valence-corrected chi connectivity index (χ1v) is 7.19. The van der Waals surface area contributed by atoms with E-state index in [-0.39, 0.29) is 11.3 Å². The van der Waals surface area contributed by atoms with Crippen molar-refractivity contribution < 1.29 is 9.90 Å². The summed E-state index contributed by atoms with van der Waals surface area (Å²) in [6, 6.07) is 7.32. The Labute approximate surface area is 131 Å². The van der Waals surface area contributed by atoms with E-state index in [4.69, 9.17) is 0 Å². The van der Waals surface area contributed by atoms with E-state index >= 15 is 0 Å². The van der Waals surface area contributed by atoms with Crippen molar-refractivity contribution >= 4 is 22.6 Å². The molecule has 2 heterocycles. The van der Waals surface area contributed by atoms with Crippen molar-refractivity contribution in [3.05, 3.63) is 51.9 Å². The second kappa shape index (κ2) is 5.60. The summed E-state index contributed by atoms with van der Waals surface area (Å²) in [5, 5.41) is 17.3. The number of carbonyl (C=O) groups excluding carboxylic acids is 1. The van der Waals surface area contributed by atoms with Crippen molar-refractivity contribution in [2.24, 2.45) is 7.05 Å². The summed E-state index contributed by atoms with van der Waals surface area (Å²) in [6.07, 6.45) is 2.14. The van der Waals surface area contributed by atoms with Gasteiger partial charge in [-0.1, -0.05) is 25.1 Å². The molecule has 118 valence electrons. The van der Waals surface area contributed by atoms with Crippen molar-refractivity contribution in [1.82, 2.24) is 14.8 Å². The molecule has 1 aromatic carbocycles. The molecule has 7 heteroatoms. The van der Waals surface area contributed by atoms with Crippen LogP contribution >= 0.6 is 0 Å². The minimum absolute atomic E-state index is 0.320. The number of H-pyrrole nitrogens is 1. The number of aromatic hydroxyl groups is 1. The van der Waals surface area contributed by atoms with Gasteiger partial charge in [-0.2, -0.15) is 5.10 Å². The second-order valence-electron chi connectivity index (χ2n) is 5.17. The van der Waals surface area contributed by atoms with E-state index < -0.39 is 11.5 Å². The second-order valence-corrected chi connectivity index (χ2v) is 5.17. The summed E-state index contributed by atoms with van der Waals surface area (Å²) in [5.74, 6) is -1.03. The molecule has 0 atom stereocenters. The molecule has 0 aliphatic rings. The normalized spacial score (nSPS) is 10.9. The number of aryl methyl sites for hydroxylation is 2. The number of nitrogens with one attached hydrogen (secondary N) is 2. The Balaban J connectivity index is 2.06. The van der Waals surface area contributed by atoms with Crippen LogP contribution in [0.3, 0.4) is 0 Å². The van der Waals surface area contributed by atoms with Crippen LogP contribution in [0.2, 0.25) is 0 Å². The van der Waals surface area contributed by atoms with E-state index in [1.54, 1.807) is 19.2 Å². The summed E-state index contributed by atoms with van der Waals surface area (Å²) >= 11 is 0. The van der Waals surface area contributed by atoms with Crippen molar-refractivity contribution in [2.75, 3.05) is 5.32 Å². The molecule has 1 amide bonds. The molecule has 3 rings (SSSR count). The molecule has 0 bridgehead atoms. The summed E-state index contributed by atoms with van der Waals surface area (Å²) < 4.78 is 1.42. The molecule has 0 aliphatic heterocycles. The summed E-state index contributed by atoms with van der Waals surface area (Å²) in [4.78, 5) is 27.2. The molecule has 0 saturated heterocycles. The molecule has 3 aromatic rings. The zero-order valence-corrected chi connectivity index (χ0v) is 12.8.